The summed E-state index contributed by atoms with van der Waals surface area (Å²) in [4.78, 5) is 0. The molecule has 0 fully saturated rings. The molecule has 0 rings (SSSR count). The van der Waals surface area contributed by atoms with E-state index in [1.54, 1.807) is 11.0 Å². The molecule has 0 aromatic heterocycles. The van der Waals surface area contributed by atoms with Gasteiger partial charge in [-0.1, -0.05) is 17.7 Å². The first-order valence-corrected chi connectivity index (χ1v) is 4.52. The van der Waals surface area contributed by atoms with Gasteiger partial charge < -0.3 is 0 Å². The predicted molar refractivity (Wildman–Crippen MR) is 39.4 cm³/mol. The van der Waals surface area contributed by atoms with Crippen LogP contribution >= 0.6 is 21.8 Å². The Hall–Kier alpha value is 0.660. The van der Waals surface area contributed by atoms with Gasteiger partial charge in [0.2, 0.25) is 0 Å². The predicted octanol–water partition coefficient (Wildman–Crippen LogP) is 1.86. The lowest BCUT2D eigenvalue weighted by Crippen LogP contribution is -1.95. The lowest BCUT2D eigenvalue weighted by atomic mass is 11.0. The molecule has 0 saturated carbocycles. The Morgan fingerprint density at radius 1 is 1.43 bits per heavy atom. The summed E-state index contributed by atoms with van der Waals surface area (Å²) in [5, 5.41) is 0. The Kier molecular flexibility index (Phi) is 5.26. The van der Waals surface area contributed by atoms with E-state index in [-0.39, 0.29) is 0 Å². The molecule has 44 valence electrons. The standard InChI is InChI=1S/C4H11NS2/c1-4-6-7-5(2)3/h4H2,1-3H3. The van der Waals surface area contributed by atoms with Gasteiger partial charge in [-0.15, -0.1) is 0 Å². The topological polar surface area (TPSA) is 3.24 Å². The summed E-state index contributed by atoms with van der Waals surface area (Å²) < 4.78 is 2.09. The van der Waals surface area contributed by atoms with E-state index in [2.05, 4.69) is 11.2 Å². The molecule has 0 atom stereocenters. The molecule has 1 nitrogen and oxygen atoms in total. The van der Waals surface area contributed by atoms with Crippen molar-refractivity contribution in [1.29, 1.82) is 0 Å². The van der Waals surface area contributed by atoms with Crippen LogP contribution < -0.4 is 0 Å². The van der Waals surface area contributed by atoms with Crippen LogP contribution in [0.5, 0.6) is 0 Å². The quantitative estimate of drug-likeness (QED) is 0.432. The first kappa shape index (κ1) is 7.66. The summed E-state index contributed by atoms with van der Waals surface area (Å²) in [7, 11) is 7.74. The van der Waals surface area contributed by atoms with Crippen LogP contribution in [-0.2, 0) is 0 Å². The van der Waals surface area contributed by atoms with E-state index < -0.39 is 0 Å². The minimum absolute atomic E-state index is 1.18. The molecule has 0 heterocycles. The average Bonchev–Trinajstić information content (AvgIpc) is 1.61. The summed E-state index contributed by atoms with van der Waals surface area (Å²) in [6, 6.07) is 0. The van der Waals surface area contributed by atoms with Gasteiger partial charge in [-0.2, -0.15) is 0 Å². The highest BCUT2D eigenvalue weighted by molar-refractivity contribution is 8.75. The van der Waals surface area contributed by atoms with Crippen LogP contribution in [0.4, 0.5) is 0 Å². The summed E-state index contributed by atoms with van der Waals surface area (Å²) >= 11 is 0. The molecule has 0 unspecified atom stereocenters. The monoisotopic (exact) mass is 137 g/mol. The number of nitrogens with zero attached hydrogens (tertiary/aromatic N) is 1. The van der Waals surface area contributed by atoms with Crippen LogP contribution in [0.1, 0.15) is 6.92 Å². The molecule has 0 bridgehead atoms. The molecule has 0 saturated heterocycles. The van der Waals surface area contributed by atoms with Crippen molar-refractivity contribution in [3.63, 3.8) is 0 Å². The van der Waals surface area contributed by atoms with Gasteiger partial charge in [-0.25, -0.2) is 4.31 Å². The zero-order valence-corrected chi connectivity index (χ0v) is 6.60. The highest BCUT2D eigenvalue weighted by Gasteiger charge is 1.85. The third-order valence-corrected chi connectivity index (χ3v) is 2.88. The molecule has 0 N–H and O–H groups in total. The lowest BCUT2D eigenvalue weighted by Gasteiger charge is -2.03. The molecule has 0 radical (unpaired) electrons. The van der Waals surface area contributed by atoms with Crippen LogP contribution in [0.15, 0.2) is 0 Å². The Labute approximate surface area is 53.4 Å². The fraction of sp³-hybridized carbons (Fsp3) is 1.00. The molecule has 0 spiro atoms. The molecular weight excluding hydrogens is 126 g/mol. The van der Waals surface area contributed by atoms with Crippen molar-refractivity contribution in [1.82, 2.24) is 4.31 Å². The van der Waals surface area contributed by atoms with Gasteiger partial charge in [0.1, 0.15) is 0 Å². The SMILES string of the molecule is CCSSN(C)C. The molecule has 7 heavy (non-hydrogen) atoms. The minimum Gasteiger partial charge on any atom is -0.247 e. The largest absolute Gasteiger partial charge is 0.247 e. The van der Waals surface area contributed by atoms with E-state index in [4.69, 9.17) is 0 Å². The Balaban J connectivity index is 2.68. The Morgan fingerprint density at radius 2 is 2.00 bits per heavy atom. The minimum atomic E-state index is 1.18. The van der Waals surface area contributed by atoms with Crippen molar-refractivity contribution in [3.8, 4) is 0 Å². The van der Waals surface area contributed by atoms with E-state index in [1.165, 1.54) is 5.75 Å². The molecule has 0 amide bonds. The van der Waals surface area contributed by atoms with Crippen molar-refractivity contribution < 1.29 is 0 Å². The summed E-state index contributed by atoms with van der Waals surface area (Å²) in [6.07, 6.45) is 0. The molecule has 0 aliphatic carbocycles. The van der Waals surface area contributed by atoms with Gasteiger partial charge in [-0.3, -0.25) is 0 Å². The maximum Gasteiger partial charge on any atom is 0.00210 e. The zero-order chi connectivity index (χ0) is 5.70. The second kappa shape index (κ2) is 4.81. The van der Waals surface area contributed by atoms with Gasteiger partial charge in [0.05, 0.1) is 0 Å². The molecule has 0 aliphatic rings. The van der Waals surface area contributed by atoms with Crippen molar-refractivity contribution >= 4 is 21.8 Å². The normalized spacial score (nSPS) is 10.3. The van der Waals surface area contributed by atoms with E-state index in [0.717, 1.165) is 0 Å². The fourth-order valence-electron chi connectivity index (χ4n) is 0.158. The van der Waals surface area contributed by atoms with Crippen molar-refractivity contribution in [2.75, 3.05) is 19.8 Å². The van der Waals surface area contributed by atoms with E-state index in [0.29, 0.717) is 0 Å². The zero-order valence-electron chi connectivity index (χ0n) is 4.97. The molecular formula is C4H11NS2. The van der Waals surface area contributed by atoms with E-state index >= 15 is 0 Å². The van der Waals surface area contributed by atoms with Gasteiger partial charge >= 0.3 is 0 Å². The van der Waals surface area contributed by atoms with Crippen LogP contribution in [0, 0.1) is 0 Å². The highest BCUT2D eigenvalue weighted by atomic mass is 33.1. The second-order valence-corrected chi connectivity index (χ2v) is 4.14. The highest BCUT2D eigenvalue weighted by Crippen LogP contribution is 2.21. The summed E-state index contributed by atoms with van der Waals surface area (Å²) in [6.45, 7) is 2.15. The molecule has 0 aromatic carbocycles. The maximum atomic E-state index is 2.15. The third kappa shape index (κ3) is 6.66. The fourth-order valence-corrected chi connectivity index (χ4v) is 1.42. The van der Waals surface area contributed by atoms with Crippen molar-refractivity contribution in [2.24, 2.45) is 0 Å². The number of hydrogen-bond donors (Lipinski definition) is 0. The van der Waals surface area contributed by atoms with Crippen molar-refractivity contribution in [3.05, 3.63) is 0 Å². The summed E-state index contributed by atoms with van der Waals surface area (Å²) in [5.41, 5.74) is 0. The Morgan fingerprint density at radius 3 is 2.14 bits per heavy atom. The third-order valence-electron chi connectivity index (χ3n) is 0.320. The summed E-state index contributed by atoms with van der Waals surface area (Å²) in [5.74, 6) is 1.18. The smallest absolute Gasteiger partial charge is 0.00210 e. The van der Waals surface area contributed by atoms with E-state index in [1.807, 2.05) is 24.9 Å². The average molecular weight is 137 g/mol. The van der Waals surface area contributed by atoms with Gasteiger partial charge in [0.15, 0.2) is 0 Å². The Bertz CT molecular complexity index is 38.7. The van der Waals surface area contributed by atoms with Crippen LogP contribution in [0.2, 0.25) is 0 Å². The number of rotatable bonds is 3. The maximum absolute atomic E-state index is 2.15. The first-order valence-electron chi connectivity index (χ1n) is 2.24. The van der Waals surface area contributed by atoms with Crippen LogP contribution in [-0.4, -0.2) is 24.2 Å². The van der Waals surface area contributed by atoms with Crippen LogP contribution in [0.25, 0.3) is 0 Å². The van der Waals surface area contributed by atoms with Gasteiger partial charge in [-0.05, 0) is 25.1 Å². The lowest BCUT2D eigenvalue weighted by molar-refractivity contribution is 0.711. The van der Waals surface area contributed by atoms with Gasteiger partial charge in [0.25, 0.3) is 0 Å². The molecule has 3 heteroatoms. The number of hydrogen-bond acceptors (Lipinski definition) is 3. The van der Waals surface area contributed by atoms with Crippen LogP contribution in [0.3, 0.4) is 0 Å². The molecule has 0 aliphatic heterocycles. The van der Waals surface area contributed by atoms with Gasteiger partial charge in [0, 0.05) is 5.75 Å². The first-order chi connectivity index (χ1) is 3.27. The second-order valence-electron chi connectivity index (χ2n) is 1.29. The molecule has 0 aromatic rings. The van der Waals surface area contributed by atoms with Crippen molar-refractivity contribution in [2.45, 2.75) is 6.92 Å². The van der Waals surface area contributed by atoms with E-state index in [9.17, 15) is 0 Å².